The zero-order valence-corrected chi connectivity index (χ0v) is 12.3. The molecule has 0 atom stereocenters. The summed E-state index contributed by atoms with van der Waals surface area (Å²) < 4.78 is 0. The van der Waals surface area contributed by atoms with Crippen LogP contribution in [-0.4, -0.2) is 29.2 Å². The van der Waals surface area contributed by atoms with Crippen molar-refractivity contribution < 1.29 is 9.90 Å². The van der Waals surface area contributed by atoms with Crippen LogP contribution in [0.15, 0.2) is 54.6 Å². The Kier molecular flexibility index (Phi) is 5.60. The van der Waals surface area contributed by atoms with Gasteiger partial charge in [0.05, 0.1) is 17.3 Å². The number of benzene rings is 2. The first kappa shape index (κ1) is 15.4. The van der Waals surface area contributed by atoms with Crippen LogP contribution in [0.3, 0.4) is 0 Å². The van der Waals surface area contributed by atoms with Crippen LogP contribution in [0.1, 0.15) is 5.56 Å². The lowest BCUT2D eigenvalue weighted by Crippen LogP contribution is -2.36. The van der Waals surface area contributed by atoms with Crippen molar-refractivity contribution in [3.63, 3.8) is 0 Å². The number of hydrogen-bond donors (Lipinski definition) is 2. The molecule has 0 saturated heterocycles. The van der Waals surface area contributed by atoms with Gasteiger partial charge in [-0.15, -0.1) is 0 Å². The van der Waals surface area contributed by atoms with Gasteiger partial charge in [0.2, 0.25) is 0 Å². The van der Waals surface area contributed by atoms with Crippen LogP contribution in [0.5, 0.6) is 0 Å². The van der Waals surface area contributed by atoms with Gasteiger partial charge in [-0.25, -0.2) is 4.79 Å². The Bertz CT molecular complexity index is 590. The van der Waals surface area contributed by atoms with Crippen LogP contribution in [0.4, 0.5) is 10.5 Å². The number of aliphatic hydroxyl groups is 1. The van der Waals surface area contributed by atoms with Crippen LogP contribution < -0.4 is 5.32 Å². The summed E-state index contributed by atoms with van der Waals surface area (Å²) in [5, 5.41) is 12.4. The number of rotatable bonds is 5. The Morgan fingerprint density at radius 1 is 1.10 bits per heavy atom. The number of carbonyl (C=O) groups is 1. The van der Waals surface area contributed by atoms with Gasteiger partial charge in [-0.3, -0.25) is 0 Å². The second-order valence-corrected chi connectivity index (χ2v) is 4.95. The van der Waals surface area contributed by atoms with E-state index in [1.165, 1.54) is 0 Å². The van der Waals surface area contributed by atoms with Gasteiger partial charge in [0.1, 0.15) is 0 Å². The highest BCUT2D eigenvalue weighted by Gasteiger charge is 2.14. The molecule has 0 aromatic heterocycles. The minimum Gasteiger partial charge on any atom is -0.395 e. The zero-order chi connectivity index (χ0) is 15.1. The Morgan fingerprint density at radius 2 is 1.76 bits per heavy atom. The average molecular weight is 305 g/mol. The fourth-order valence-corrected chi connectivity index (χ4v) is 2.12. The van der Waals surface area contributed by atoms with E-state index in [-0.39, 0.29) is 19.2 Å². The molecular formula is C16H17ClN2O2. The summed E-state index contributed by atoms with van der Waals surface area (Å²) in [5.74, 6) is 0. The standard InChI is InChI=1S/C16H17ClN2O2/c17-14-8-4-5-9-15(14)18-16(21)19(10-11-20)12-13-6-2-1-3-7-13/h1-9,20H,10-12H2,(H,18,21). The summed E-state index contributed by atoms with van der Waals surface area (Å²) >= 11 is 6.03. The molecule has 2 aromatic rings. The van der Waals surface area contributed by atoms with E-state index in [1.54, 1.807) is 29.2 Å². The Morgan fingerprint density at radius 3 is 2.43 bits per heavy atom. The van der Waals surface area contributed by atoms with Crippen LogP contribution in [0.25, 0.3) is 0 Å². The number of urea groups is 1. The van der Waals surface area contributed by atoms with Gasteiger partial charge in [0.15, 0.2) is 0 Å². The highest BCUT2D eigenvalue weighted by molar-refractivity contribution is 6.33. The van der Waals surface area contributed by atoms with Crippen LogP contribution in [-0.2, 0) is 6.54 Å². The summed E-state index contributed by atoms with van der Waals surface area (Å²) in [4.78, 5) is 13.8. The summed E-state index contributed by atoms with van der Waals surface area (Å²) in [6.07, 6.45) is 0. The molecule has 0 radical (unpaired) electrons. The molecule has 0 aliphatic rings. The van der Waals surface area contributed by atoms with Crippen molar-refractivity contribution in [2.45, 2.75) is 6.54 Å². The molecule has 2 N–H and O–H groups in total. The highest BCUT2D eigenvalue weighted by atomic mass is 35.5. The first-order chi connectivity index (χ1) is 10.2. The molecule has 2 amide bonds. The van der Waals surface area contributed by atoms with Crippen LogP contribution >= 0.6 is 11.6 Å². The number of amides is 2. The second kappa shape index (κ2) is 7.67. The van der Waals surface area contributed by atoms with E-state index in [2.05, 4.69) is 5.32 Å². The van der Waals surface area contributed by atoms with Crippen LogP contribution in [0.2, 0.25) is 5.02 Å². The molecule has 0 aliphatic carbocycles. The highest BCUT2D eigenvalue weighted by Crippen LogP contribution is 2.21. The smallest absolute Gasteiger partial charge is 0.322 e. The SMILES string of the molecule is O=C(Nc1ccccc1Cl)N(CCO)Cc1ccccc1. The summed E-state index contributed by atoms with van der Waals surface area (Å²) in [7, 11) is 0. The Balaban J connectivity index is 2.07. The molecule has 0 unspecified atom stereocenters. The van der Waals surface area contributed by atoms with Crippen molar-refractivity contribution in [2.75, 3.05) is 18.5 Å². The molecule has 2 aromatic carbocycles. The quantitative estimate of drug-likeness (QED) is 0.890. The fourth-order valence-electron chi connectivity index (χ4n) is 1.93. The van der Waals surface area contributed by atoms with E-state index in [1.807, 2.05) is 30.3 Å². The summed E-state index contributed by atoms with van der Waals surface area (Å²) in [6.45, 7) is 0.589. The third kappa shape index (κ3) is 4.48. The fraction of sp³-hybridized carbons (Fsp3) is 0.188. The molecule has 0 spiro atoms. The summed E-state index contributed by atoms with van der Waals surface area (Å²) in [5.41, 5.74) is 1.56. The first-order valence-corrected chi connectivity index (χ1v) is 7.03. The number of anilines is 1. The first-order valence-electron chi connectivity index (χ1n) is 6.66. The molecule has 0 bridgehead atoms. The normalized spacial score (nSPS) is 10.2. The minimum absolute atomic E-state index is 0.0945. The molecular weight excluding hydrogens is 288 g/mol. The molecule has 4 nitrogen and oxygen atoms in total. The molecule has 0 fully saturated rings. The third-order valence-electron chi connectivity index (χ3n) is 2.99. The van der Waals surface area contributed by atoms with Crippen molar-refractivity contribution in [3.8, 4) is 0 Å². The number of nitrogens with one attached hydrogen (secondary N) is 1. The van der Waals surface area contributed by atoms with Crippen molar-refractivity contribution in [1.29, 1.82) is 0 Å². The number of carbonyl (C=O) groups excluding carboxylic acids is 1. The molecule has 0 heterocycles. The van der Waals surface area contributed by atoms with Crippen molar-refractivity contribution in [2.24, 2.45) is 0 Å². The Hall–Kier alpha value is -2.04. The summed E-state index contributed by atoms with van der Waals surface area (Å²) in [6, 6.07) is 16.4. The molecule has 110 valence electrons. The number of halogens is 1. The molecule has 0 aliphatic heterocycles. The lowest BCUT2D eigenvalue weighted by Gasteiger charge is -2.22. The third-order valence-corrected chi connectivity index (χ3v) is 3.32. The van der Waals surface area contributed by atoms with E-state index in [0.29, 0.717) is 17.3 Å². The van der Waals surface area contributed by atoms with Gasteiger partial charge in [-0.2, -0.15) is 0 Å². The predicted molar refractivity (Wildman–Crippen MR) is 84.4 cm³/mol. The van der Waals surface area contributed by atoms with Gasteiger partial charge in [0.25, 0.3) is 0 Å². The number of nitrogens with zero attached hydrogens (tertiary/aromatic N) is 1. The largest absolute Gasteiger partial charge is 0.395 e. The van der Waals surface area contributed by atoms with Gasteiger partial charge in [-0.05, 0) is 17.7 Å². The van der Waals surface area contributed by atoms with E-state index in [0.717, 1.165) is 5.56 Å². The van der Waals surface area contributed by atoms with Crippen LogP contribution in [0, 0.1) is 0 Å². The lowest BCUT2D eigenvalue weighted by molar-refractivity contribution is 0.185. The van der Waals surface area contributed by atoms with E-state index < -0.39 is 0 Å². The Labute approximate surface area is 129 Å². The van der Waals surface area contributed by atoms with Crippen molar-refractivity contribution in [3.05, 3.63) is 65.2 Å². The van der Waals surface area contributed by atoms with E-state index >= 15 is 0 Å². The van der Waals surface area contributed by atoms with Gasteiger partial charge in [-0.1, -0.05) is 54.1 Å². The van der Waals surface area contributed by atoms with Gasteiger partial charge < -0.3 is 15.3 Å². The molecule has 2 rings (SSSR count). The van der Waals surface area contributed by atoms with Crippen molar-refractivity contribution >= 4 is 23.3 Å². The van der Waals surface area contributed by atoms with E-state index in [4.69, 9.17) is 16.7 Å². The van der Waals surface area contributed by atoms with E-state index in [9.17, 15) is 4.79 Å². The molecule has 5 heteroatoms. The predicted octanol–water partition coefficient (Wildman–Crippen LogP) is 3.37. The topological polar surface area (TPSA) is 52.6 Å². The molecule has 21 heavy (non-hydrogen) atoms. The maximum Gasteiger partial charge on any atom is 0.322 e. The number of aliphatic hydroxyl groups excluding tert-OH is 1. The number of para-hydroxylation sites is 1. The molecule has 0 saturated carbocycles. The lowest BCUT2D eigenvalue weighted by atomic mass is 10.2. The van der Waals surface area contributed by atoms with Crippen molar-refractivity contribution in [1.82, 2.24) is 4.90 Å². The maximum atomic E-state index is 12.3. The van der Waals surface area contributed by atoms with Gasteiger partial charge >= 0.3 is 6.03 Å². The maximum absolute atomic E-state index is 12.3. The minimum atomic E-state index is -0.291. The zero-order valence-electron chi connectivity index (χ0n) is 11.5. The van der Waals surface area contributed by atoms with Gasteiger partial charge in [0, 0.05) is 13.1 Å². The second-order valence-electron chi connectivity index (χ2n) is 4.54. The average Bonchev–Trinajstić information content (AvgIpc) is 2.50. The monoisotopic (exact) mass is 304 g/mol. The number of hydrogen-bond acceptors (Lipinski definition) is 2.